The topological polar surface area (TPSA) is 77.1 Å². The van der Waals surface area contributed by atoms with E-state index in [0.717, 1.165) is 28.2 Å². The Hall–Kier alpha value is -3.48. The van der Waals surface area contributed by atoms with Crippen LogP contribution < -0.4 is 5.32 Å². The zero-order valence-corrected chi connectivity index (χ0v) is 14.3. The van der Waals surface area contributed by atoms with Gasteiger partial charge < -0.3 is 9.72 Å². The molecule has 1 aromatic carbocycles. The lowest BCUT2D eigenvalue weighted by Crippen LogP contribution is -2.14. The van der Waals surface area contributed by atoms with E-state index in [0.29, 0.717) is 13.0 Å². The van der Waals surface area contributed by atoms with Gasteiger partial charge >= 0.3 is 0 Å². The SMILES string of the molecule is Cc1cccn2cc(-c3ccc(NC(=O)CCn4ccnn4)cc3)nc12. The average molecular weight is 346 g/mol. The van der Waals surface area contributed by atoms with Crippen LogP contribution >= 0.6 is 0 Å². The van der Waals surface area contributed by atoms with E-state index in [1.165, 1.54) is 0 Å². The zero-order valence-electron chi connectivity index (χ0n) is 14.3. The van der Waals surface area contributed by atoms with Gasteiger partial charge in [0, 0.05) is 36.3 Å². The van der Waals surface area contributed by atoms with Crippen molar-refractivity contribution in [1.29, 1.82) is 0 Å². The van der Waals surface area contributed by atoms with E-state index < -0.39 is 0 Å². The Bertz CT molecular complexity index is 1030. The van der Waals surface area contributed by atoms with Gasteiger partial charge in [0.2, 0.25) is 5.91 Å². The monoisotopic (exact) mass is 346 g/mol. The van der Waals surface area contributed by atoms with E-state index in [1.54, 1.807) is 17.1 Å². The number of imidazole rings is 1. The van der Waals surface area contributed by atoms with Crippen LogP contribution in [0.4, 0.5) is 5.69 Å². The number of hydrogen-bond acceptors (Lipinski definition) is 4. The molecule has 4 rings (SSSR count). The van der Waals surface area contributed by atoms with Gasteiger partial charge in [-0.15, -0.1) is 5.10 Å². The number of benzene rings is 1. The number of nitrogens with one attached hydrogen (secondary N) is 1. The standard InChI is InChI=1S/C19H18N6O/c1-14-3-2-10-24-13-17(22-19(14)24)15-4-6-16(7-5-15)21-18(26)8-11-25-12-9-20-23-25/h2-7,9-10,12-13H,8,11H2,1H3,(H,21,26). The van der Waals surface area contributed by atoms with Crippen LogP contribution in [0.15, 0.2) is 61.2 Å². The smallest absolute Gasteiger partial charge is 0.226 e. The summed E-state index contributed by atoms with van der Waals surface area (Å²) in [7, 11) is 0. The molecule has 0 saturated carbocycles. The van der Waals surface area contributed by atoms with E-state index >= 15 is 0 Å². The Morgan fingerprint density at radius 2 is 2.00 bits per heavy atom. The number of aryl methyl sites for hydroxylation is 2. The molecule has 0 saturated heterocycles. The normalized spacial score (nSPS) is 11.0. The first-order chi connectivity index (χ1) is 12.7. The van der Waals surface area contributed by atoms with Gasteiger partial charge in [0.25, 0.3) is 0 Å². The predicted molar refractivity (Wildman–Crippen MR) is 98.6 cm³/mol. The highest BCUT2D eigenvalue weighted by Gasteiger charge is 2.07. The van der Waals surface area contributed by atoms with Gasteiger partial charge in [0.15, 0.2) is 0 Å². The van der Waals surface area contributed by atoms with Crippen LogP contribution in [-0.2, 0) is 11.3 Å². The number of rotatable bonds is 5. The number of fused-ring (bicyclic) bond motifs is 1. The van der Waals surface area contributed by atoms with Gasteiger partial charge in [-0.1, -0.05) is 23.4 Å². The minimum Gasteiger partial charge on any atom is -0.326 e. The summed E-state index contributed by atoms with van der Waals surface area (Å²) in [4.78, 5) is 16.7. The fraction of sp³-hybridized carbons (Fsp3) is 0.158. The van der Waals surface area contributed by atoms with Crippen LogP contribution in [0, 0.1) is 6.92 Å². The van der Waals surface area contributed by atoms with Crippen molar-refractivity contribution in [3.05, 3.63) is 66.7 Å². The maximum atomic E-state index is 12.0. The molecule has 1 amide bonds. The minimum atomic E-state index is -0.0587. The Kier molecular flexibility index (Phi) is 4.18. The summed E-state index contributed by atoms with van der Waals surface area (Å²) in [5.41, 5.74) is 4.76. The van der Waals surface area contributed by atoms with E-state index in [9.17, 15) is 4.79 Å². The molecule has 1 N–H and O–H groups in total. The first-order valence-corrected chi connectivity index (χ1v) is 8.38. The summed E-state index contributed by atoms with van der Waals surface area (Å²) in [5, 5.41) is 10.5. The van der Waals surface area contributed by atoms with Crippen molar-refractivity contribution >= 4 is 17.2 Å². The summed E-state index contributed by atoms with van der Waals surface area (Å²) in [6.45, 7) is 2.55. The fourth-order valence-electron chi connectivity index (χ4n) is 2.81. The van der Waals surface area contributed by atoms with Gasteiger partial charge in [0.1, 0.15) is 5.65 Å². The summed E-state index contributed by atoms with van der Waals surface area (Å²) >= 11 is 0. The van der Waals surface area contributed by atoms with Gasteiger partial charge in [-0.2, -0.15) is 0 Å². The Balaban J connectivity index is 1.44. The van der Waals surface area contributed by atoms with Gasteiger partial charge in [-0.25, -0.2) is 4.98 Å². The highest BCUT2D eigenvalue weighted by Crippen LogP contribution is 2.22. The molecule has 7 nitrogen and oxygen atoms in total. The second-order valence-corrected chi connectivity index (χ2v) is 6.09. The molecule has 0 aliphatic carbocycles. The van der Waals surface area contributed by atoms with Crippen molar-refractivity contribution in [3.63, 3.8) is 0 Å². The maximum absolute atomic E-state index is 12.0. The molecule has 3 aromatic heterocycles. The number of pyridine rings is 1. The van der Waals surface area contributed by atoms with Crippen LogP contribution in [0.5, 0.6) is 0 Å². The fourth-order valence-corrected chi connectivity index (χ4v) is 2.81. The Morgan fingerprint density at radius 3 is 2.73 bits per heavy atom. The van der Waals surface area contributed by atoms with Crippen molar-refractivity contribution in [2.75, 3.05) is 5.32 Å². The first kappa shape index (κ1) is 16.0. The summed E-state index contributed by atoms with van der Waals surface area (Å²) in [6.07, 6.45) is 7.67. The van der Waals surface area contributed by atoms with Crippen LogP contribution in [0.25, 0.3) is 16.9 Å². The molecular weight excluding hydrogens is 328 g/mol. The molecule has 0 aliphatic rings. The van der Waals surface area contributed by atoms with E-state index in [4.69, 9.17) is 4.98 Å². The van der Waals surface area contributed by atoms with Crippen LogP contribution in [0.3, 0.4) is 0 Å². The number of carbonyl (C=O) groups is 1. The number of amides is 1. The molecule has 0 atom stereocenters. The third kappa shape index (κ3) is 3.32. The Morgan fingerprint density at radius 1 is 1.15 bits per heavy atom. The predicted octanol–water partition coefficient (Wildman–Crippen LogP) is 2.93. The number of hydrogen-bond donors (Lipinski definition) is 1. The van der Waals surface area contributed by atoms with Crippen molar-refractivity contribution in [2.45, 2.75) is 19.9 Å². The lowest BCUT2D eigenvalue weighted by atomic mass is 10.1. The van der Waals surface area contributed by atoms with Gasteiger partial charge in [-0.05, 0) is 30.7 Å². The molecule has 130 valence electrons. The summed E-state index contributed by atoms with van der Waals surface area (Å²) < 4.78 is 3.65. The van der Waals surface area contributed by atoms with Crippen LogP contribution in [0.2, 0.25) is 0 Å². The molecule has 3 heterocycles. The lowest BCUT2D eigenvalue weighted by molar-refractivity contribution is -0.116. The number of carbonyl (C=O) groups excluding carboxylic acids is 1. The molecular formula is C19H18N6O. The van der Waals surface area contributed by atoms with E-state index in [-0.39, 0.29) is 5.91 Å². The first-order valence-electron chi connectivity index (χ1n) is 8.38. The molecule has 0 spiro atoms. The van der Waals surface area contributed by atoms with E-state index in [1.807, 2.05) is 60.1 Å². The largest absolute Gasteiger partial charge is 0.326 e. The molecule has 7 heteroatoms. The van der Waals surface area contributed by atoms with Crippen LogP contribution in [-0.4, -0.2) is 30.3 Å². The second-order valence-electron chi connectivity index (χ2n) is 6.09. The van der Waals surface area contributed by atoms with E-state index in [2.05, 4.69) is 15.6 Å². The molecule has 4 aromatic rings. The third-order valence-electron chi connectivity index (χ3n) is 4.18. The third-order valence-corrected chi connectivity index (χ3v) is 4.18. The maximum Gasteiger partial charge on any atom is 0.226 e. The summed E-state index contributed by atoms with van der Waals surface area (Å²) in [5.74, 6) is -0.0587. The molecule has 26 heavy (non-hydrogen) atoms. The van der Waals surface area contributed by atoms with Crippen molar-refractivity contribution < 1.29 is 4.79 Å². The van der Waals surface area contributed by atoms with Gasteiger partial charge in [-0.3, -0.25) is 9.48 Å². The number of aromatic nitrogens is 5. The highest BCUT2D eigenvalue weighted by atomic mass is 16.1. The summed E-state index contributed by atoms with van der Waals surface area (Å²) in [6, 6.07) is 11.8. The van der Waals surface area contributed by atoms with Crippen molar-refractivity contribution in [2.24, 2.45) is 0 Å². The number of nitrogens with zero attached hydrogens (tertiary/aromatic N) is 5. The number of anilines is 1. The van der Waals surface area contributed by atoms with Crippen LogP contribution in [0.1, 0.15) is 12.0 Å². The molecule has 0 fully saturated rings. The zero-order chi connectivity index (χ0) is 17.9. The second kappa shape index (κ2) is 6.79. The molecule has 0 unspecified atom stereocenters. The highest BCUT2D eigenvalue weighted by molar-refractivity contribution is 5.90. The molecule has 0 radical (unpaired) electrons. The minimum absolute atomic E-state index is 0.0587. The van der Waals surface area contributed by atoms with Crippen molar-refractivity contribution in [1.82, 2.24) is 24.4 Å². The molecule has 0 bridgehead atoms. The van der Waals surface area contributed by atoms with Crippen molar-refractivity contribution in [3.8, 4) is 11.3 Å². The van der Waals surface area contributed by atoms with Gasteiger partial charge in [0.05, 0.1) is 18.4 Å². The molecule has 0 aliphatic heterocycles. The lowest BCUT2D eigenvalue weighted by Gasteiger charge is -2.06. The average Bonchev–Trinajstić information content (AvgIpc) is 3.31. The Labute approximate surface area is 150 Å². The quantitative estimate of drug-likeness (QED) is 0.603.